The van der Waals surface area contributed by atoms with Crippen LogP contribution in [0, 0.1) is 5.82 Å². The van der Waals surface area contributed by atoms with E-state index in [9.17, 15) is 9.18 Å². The topological polar surface area (TPSA) is 73.6 Å². The number of methoxy groups -OCH3 is 1. The zero-order chi connectivity index (χ0) is 12.7. The van der Waals surface area contributed by atoms with Gasteiger partial charge in [0.15, 0.2) is 18.2 Å². The molecular formula is C11H15FN2O3. The smallest absolute Gasteiger partial charge is 0.258 e. The number of ether oxygens (including phenoxy) is 2. The number of halogens is 1. The average Bonchev–Trinajstić information content (AvgIpc) is 2.29. The Bertz CT molecular complexity index is 365. The molecule has 0 aliphatic heterocycles. The molecule has 0 spiro atoms. The second-order valence-electron chi connectivity index (χ2n) is 3.29. The van der Waals surface area contributed by atoms with Gasteiger partial charge in [0.25, 0.3) is 5.91 Å². The van der Waals surface area contributed by atoms with E-state index in [0.29, 0.717) is 13.2 Å². The Hall–Kier alpha value is -1.82. The van der Waals surface area contributed by atoms with E-state index in [1.807, 2.05) is 0 Å². The van der Waals surface area contributed by atoms with Crippen LogP contribution in [0.5, 0.6) is 5.75 Å². The SMILES string of the molecule is COCCNC(=O)COc1c(N)cccc1F. The number of para-hydroxylation sites is 1. The predicted molar refractivity (Wildman–Crippen MR) is 61.2 cm³/mol. The Morgan fingerprint density at radius 2 is 2.29 bits per heavy atom. The molecule has 1 amide bonds. The van der Waals surface area contributed by atoms with Crippen LogP contribution in [0.4, 0.5) is 10.1 Å². The summed E-state index contributed by atoms with van der Waals surface area (Å²) in [5, 5.41) is 2.54. The normalized spacial score (nSPS) is 10.0. The maximum atomic E-state index is 13.3. The van der Waals surface area contributed by atoms with Gasteiger partial charge in [-0.1, -0.05) is 6.07 Å². The molecule has 0 atom stereocenters. The molecule has 0 bridgehead atoms. The number of hydrogen-bond acceptors (Lipinski definition) is 4. The lowest BCUT2D eigenvalue weighted by Gasteiger charge is -2.09. The molecule has 0 saturated carbocycles. The van der Waals surface area contributed by atoms with Crippen LogP contribution < -0.4 is 15.8 Å². The van der Waals surface area contributed by atoms with Gasteiger partial charge in [-0.25, -0.2) is 4.39 Å². The number of nitrogen functional groups attached to an aromatic ring is 1. The van der Waals surface area contributed by atoms with Crippen molar-refractivity contribution in [3.8, 4) is 5.75 Å². The van der Waals surface area contributed by atoms with E-state index in [2.05, 4.69) is 5.32 Å². The Morgan fingerprint density at radius 1 is 1.53 bits per heavy atom. The van der Waals surface area contributed by atoms with Crippen molar-refractivity contribution in [1.29, 1.82) is 0 Å². The lowest BCUT2D eigenvalue weighted by atomic mass is 10.3. The number of carbonyl (C=O) groups is 1. The summed E-state index contributed by atoms with van der Waals surface area (Å²) in [5.41, 5.74) is 5.67. The second-order valence-corrected chi connectivity index (χ2v) is 3.29. The van der Waals surface area contributed by atoms with Crippen LogP contribution in [-0.2, 0) is 9.53 Å². The minimum atomic E-state index is -0.588. The highest BCUT2D eigenvalue weighted by Crippen LogP contribution is 2.24. The summed E-state index contributed by atoms with van der Waals surface area (Å²) >= 11 is 0. The molecule has 6 heteroatoms. The van der Waals surface area contributed by atoms with E-state index < -0.39 is 5.82 Å². The van der Waals surface area contributed by atoms with Crippen molar-refractivity contribution >= 4 is 11.6 Å². The van der Waals surface area contributed by atoms with Gasteiger partial charge < -0.3 is 20.5 Å². The third-order valence-corrected chi connectivity index (χ3v) is 1.97. The number of rotatable bonds is 6. The molecule has 0 aliphatic carbocycles. The number of benzene rings is 1. The molecule has 0 fully saturated rings. The predicted octanol–water partition coefficient (Wildman–Crippen LogP) is 0.549. The highest BCUT2D eigenvalue weighted by Gasteiger charge is 2.09. The zero-order valence-corrected chi connectivity index (χ0v) is 9.53. The molecule has 17 heavy (non-hydrogen) atoms. The molecule has 0 aromatic heterocycles. The largest absolute Gasteiger partial charge is 0.479 e. The number of nitrogens with two attached hydrogens (primary N) is 1. The van der Waals surface area contributed by atoms with Gasteiger partial charge in [0.05, 0.1) is 12.3 Å². The van der Waals surface area contributed by atoms with Crippen molar-refractivity contribution in [2.75, 3.05) is 32.6 Å². The zero-order valence-electron chi connectivity index (χ0n) is 9.53. The number of amides is 1. The number of anilines is 1. The Balaban J connectivity index is 2.42. The first-order chi connectivity index (χ1) is 8.15. The minimum absolute atomic E-state index is 0.102. The molecule has 0 radical (unpaired) electrons. The quantitative estimate of drug-likeness (QED) is 0.564. The number of carbonyl (C=O) groups excluding carboxylic acids is 1. The van der Waals surface area contributed by atoms with E-state index in [-0.39, 0.29) is 24.0 Å². The standard InChI is InChI=1S/C11H15FN2O3/c1-16-6-5-14-10(15)7-17-11-8(12)3-2-4-9(11)13/h2-4H,5-7,13H2,1H3,(H,14,15). The molecule has 1 aromatic carbocycles. The van der Waals surface area contributed by atoms with Crippen molar-refractivity contribution in [1.82, 2.24) is 5.32 Å². The third-order valence-electron chi connectivity index (χ3n) is 1.97. The van der Waals surface area contributed by atoms with Gasteiger partial charge in [0.1, 0.15) is 0 Å². The second kappa shape index (κ2) is 6.70. The van der Waals surface area contributed by atoms with Gasteiger partial charge in [-0.05, 0) is 12.1 Å². The molecule has 0 aliphatic rings. The Kier molecular flexibility index (Phi) is 5.22. The number of hydrogen-bond donors (Lipinski definition) is 2. The molecule has 1 rings (SSSR count). The van der Waals surface area contributed by atoms with Gasteiger partial charge in [0, 0.05) is 13.7 Å². The van der Waals surface area contributed by atoms with E-state index >= 15 is 0 Å². The van der Waals surface area contributed by atoms with Crippen molar-refractivity contribution in [2.45, 2.75) is 0 Å². The van der Waals surface area contributed by atoms with Crippen molar-refractivity contribution in [3.63, 3.8) is 0 Å². The Morgan fingerprint density at radius 3 is 2.94 bits per heavy atom. The molecule has 0 unspecified atom stereocenters. The van der Waals surface area contributed by atoms with Crippen molar-refractivity contribution in [3.05, 3.63) is 24.0 Å². The maximum Gasteiger partial charge on any atom is 0.258 e. The Labute approximate surface area is 98.7 Å². The monoisotopic (exact) mass is 242 g/mol. The van der Waals surface area contributed by atoms with Crippen LogP contribution in [-0.4, -0.2) is 32.8 Å². The van der Waals surface area contributed by atoms with E-state index in [4.69, 9.17) is 15.2 Å². The minimum Gasteiger partial charge on any atom is -0.479 e. The van der Waals surface area contributed by atoms with Crippen LogP contribution in [0.3, 0.4) is 0 Å². The first kappa shape index (κ1) is 13.2. The fourth-order valence-corrected chi connectivity index (χ4v) is 1.16. The van der Waals surface area contributed by atoms with Gasteiger partial charge in [-0.15, -0.1) is 0 Å². The summed E-state index contributed by atoms with van der Waals surface area (Å²) in [6, 6.07) is 4.19. The first-order valence-corrected chi connectivity index (χ1v) is 5.07. The van der Waals surface area contributed by atoms with Crippen LogP contribution in [0.1, 0.15) is 0 Å². The molecule has 1 aromatic rings. The summed E-state index contributed by atoms with van der Waals surface area (Å²) in [6.07, 6.45) is 0. The lowest BCUT2D eigenvalue weighted by Crippen LogP contribution is -2.31. The summed E-state index contributed by atoms with van der Waals surface area (Å²) < 4.78 is 23.0. The molecule has 0 saturated heterocycles. The molecule has 5 nitrogen and oxygen atoms in total. The fraction of sp³-hybridized carbons (Fsp3) is 0.364. The third kappa shape index (κ3) is 4.28. The van der Waals surface area contributed by atoms with E-state index in [1.54, 1.807) is 0 Å². The highest BCUT2D eigenvalue weighted by molar-refractivity contribution is 5.77. The van der Waals surface area contributed by atoms with Crippen LogP contribution >= 0.6 is 0 Å². The molecule has 94 valence electrons. The first-order valence-electron chi connectivity index (χ1n) is 5.07. The molecule has 0 heterocycles. The van der Waals surface area contributed by atoms with Gasteiger partial charge >= 0.3 is 0 Å². The lowest BCUT2D eigenvalue weighted by molar-refractivity contribution is -0.123. The average molecular weight is 242 g/mol. The summed E-state index contributed by atoms with van der Waals surface area (Å²) in [4.78, 5) is 11.3. The van der Waals surface area contributed by atoms with Gasteiger partial charge in [-0.2, -0.15) is 0 Å². The molecule has 3 N–H and O–H groups in total. The van der Waals surface area contributed by atoms with Crippen LogP contribution in [0.2, 0.25) is 0 Å². The fourth-order valence-electron chi connectivity index (χ4n) is 1.16. The van der Waals surface area contributed by atoms with Crippen LogP contribution in [0.25, 0.3) is 0 Å². The van der Waals surface area contributed by atoms with Gasteiger partial charge in [0.2, 0.25) is 0 Å². The van der Waals surface area contributed by atoms with Gasteiger partial charge in [-0.3, -0.25) is 4.79 Å². The molecular weight excluding hydrogens is 227 g/mol. The summed E-state index contributed by atoms with van der Waals surface area (Å²) in [6.45, 7) is 0.508. The maximum absolute atomic E-state index is 13.3. The van der Waals surface area contributed by atoms with Crippen molar-refractivity contribution < 1.29 is 18.7 Å². The summed E-state index contributed by atoms with van der Waals surface area (Å²) in [7, 11) is 1.53. The van der Waals surface area contributed by atoms with E-state index in [0.717, 1.165) is 0 Å². The van der Waals surface area contributed by atoms with Crippen molar-refractivity contribution in [2.24, 2.45) is 0 Å². The van der Waals surface area contributed by atoms with Crippen LogP contribution in [0.15, 0.2) is 18.2 Å². The van der Waals surface area contributed by atoms with E-state index in [1.165, 1.54) is 25.3 Å². The summed E-state index contributed by atoms with van der Waals surface area (Å²) in [5.74, 6) is -1.05. The highest BCUT2D eigenvalue weighted by atomic mass is 19.1. The number of nitrogens with one attached hydrogen (secondary N) is 1.